The Morgan fingerprint density at radius 3 is 2.75 bits per heavy atom. The van der Waals surface area contributed by atoms with Crippen LogP contribution >= 0.6 is 15.9 Å². The molecule has 0 aromatic heterocycles. The number of allylic oxidation sites excluding steroid dienone is 1. The van der Waals surface area contributed by atoms with Crippen molar-refractivity contribution < 1.29 is 5.11 Å². The van der Waals surface area contributed by atoms with Crippen molar-refractivity contribution in [3.05, 3.63) is 70.4 Å². The molecule has 2 N–H and O–H groups in total. The van der Waals surface area contributed by atoms with Gasteiger partial charge in [-0.3, -0.25) is 0 Å². The van der Waals surface area contributed by atoms with Crippen LogP contribution in [0.25, 0.3) is 10.8 Å². The molecule has 0 bridgehead atoms. The van der Waals surface area contributed by atoms with Gasteiger partial charge in [-0.1, -0.05) is 42.5 Å². The summed E-state index contributed by atoms with van der Waals surface area (Å²) in [5.41, 5.74) is 2.11. The number of benzene rings is 2. The molecule has 2 aromatic carbocycles. The molecule has 0 spiro atoms. The van der Waals surface area contributed by atoms with E-state index in [2.05, 4.69) is 51.6 Å². The van der Waals surface area contributed by atoms with Gasteiger partial charge in [-0.05, 0) is 50.0 Å². The van der Waals surface area contributed by atoms with Crippen LogP contribution in [0.15, 0.2) is 64.8 Å². The number of hydrogen-bond acceptors (Lipinski definition) is 2. The standard InChI is InChI=1S/C17H16BrNO/c18-17-10-12(7-8-19-17)9-16(20)15-6-5-13-3-1-2-4-14(13)11-15/h1-7,10-11,16,19-20H,8-9H2. The van der Waals surface area contributed by atoms with Crippen LogP contribution in [0.3, 0.4) is 0 Å². The van der Waals surface area contributed by atoms with E-state index in [4.69, 9.17) is 0 Å². The monoisotopic (exact) mass is 329 g/mol. The van der Waals surface area contributed by atoms with Gasteiger partial charge < -0.3 is 10.4 Å². The molecule has 0 amide bonds. The summed E-state index contributed by atoms with van der Waals surface area (Å²) in [5.74, 6) is 0. The fourth-order valence-electron chi connectivity index (χ4n) is 2.45. The first kappa shape index (κ1) is 13.4. The molecular formula is C17H16BrNO. The maximum atomic E-state index is 10.4. The average molecular weight is 330 g/mol. The normalized spacial score (nSPS) is 16.3. The number of rotatable bonds is 3. The van der Waals surface area contributed by atoms with Crippen LogP contribution < -0.4 is 5.32 Å². The zero-order chi connectivity index (χ0) is 13.9. The van der Waals surface area contributed by atoms with Crippen molar-refractivity contribution in [1.29, 1.82) is 0 Å². The van der Waals surface area contributed by atoms with Gasteiger partial charge in [-0.2, -0.15) is 0 Å². The zero-order valence-corrected chi connectivity index (χ0v) is 12.6. The molecule has 3 heteroatoms. The third-order valence-electron chi connectivity index (χ3n) is 3.53. The third-order valence-corrected chi connectivity index (χ3v) is 4.04. The van der Waals surface area contributed by atoms with E-state index in [1.807, 2.05) is 24.3 Å². The van der Waals surface area contributed by atoms with Crippen molar-refractivity contribution in [2.45, 2.75) is 12.5 Å². The molecule has 0 radical (unpaired) electrons. The molecule has 102 valence electrons. The van der Waals surface area contributed by atoms with Gasteiger partial charge in [0.1, 0.15) is 0 Å². The highest BCUT2D eigenvalue weighted by molar-refractivity contribution is 9.11. The lowest BCUT2D eigenvalue weighted by Gasteiger charge is -2.16. The van der Waals surface area contributed by atoms with Crippen LogP contribution in [0, 0.1) is 0 Å². The number of dihydropyridines is 1. The number of nitrogens with one attached hydrogen (secondary N) is 1. The van der Waals surface area contributed by atoms with E-state index in [0.717, 1.165) is 22.3 Å². The lowest BCUT2D eigenvalue weighted by atomic mass is 9.98. The zero-order valence-electron chi connectivity index (χ0n) is 11.0. The Bertz CT molecular complexity index is 690. The van der Waals surface area contributed by atoms with E-state index in [1.54, 1.807) is 0 Å². The van der Waals surface area contributed by atoms with Gasteiger partial charge in [-0.25, -0.2) is 0 Å². The molecule has 20 heavy (non-hydrogen) atoms. The number of aliphatic hydroxyl groups excluding tert-OH is 1. The van der Waals surface area contributed by atoms with Gasteiger partial charge in [0.2, 0.25) is 0 Å². The minimum atomic E-state index is -0.472. The van der Waals surface area contributed by atoms with Gasteiger partial charge >= 0.3 is 0 Å². The minimum absolute atomic E-state index is 0.472. The first-order valence-corrected chi connectivity index (χ1v) is 7.48. The molecule has 0 fully saturated rings. The van der Waals surface area contributed by atoms with Crippen LogP contribution in [0.4, 0.5) is 0 Å². The summed E-state index contributed by atoms with van der Waals surface area (Å²) in [5, 5.41) is 15.9. The molecule has 1 heterocycles. The first-order valence-electron chi connectivity index (χ1n) is 6.69. The number of fused-ring (bicyclic) bond motifs is 1. The Hall–Kier alpha value is -1.58. The quantitative estimate of drug-likeness (QED) is 0.833. The van der Waals surface area contributed by atoms with Crippen molar-refractivity contribution in [3.8, 4) is 0 Å². The SMILES string of the molecule is OC(CC1=CCNC(Br)=C1)c1ccc2ccccc2c1. The Labute approximate surface area is 126 Å². The third kappa shape index (κ3) is 2.94. The lowest BCUT2D eigenvalue weighted by molar-refractivity contribution is 0.179. The summed E-state index contributed by atoms with van der Waals surface area (Å²) in [6, 6.07) is 14.4. The van der Waals surface area contributed by atoms with Gasteiger partial charge in [-0.15, -0.1) is 0 Å². The van der Waals surface area contributed by atoms with Gasteiger partial charge in [0, 0.05) is 13.0 Å². The van der Waals surface area contributed by atoms with E-state index >= 15 is 0 Å². The summed E-state index contributed by atoms with van der Waals surface area (Å²) in [7, 11) is 0. The number of hydrogen-bond donors (Lipinski definition) is 2. The topological polar surface area (TPSA) is 32.3 Å². The van der Waals surface area contributed by atoms with E-state index in [0.29, 0.717) is 6.42 Å². The predicted octanol–water partition coefficient (Wildman–Crippen LogP) is 4.03. The summed E-state index contributed by atoms with van der Waals surface area (Å²) >= 11 is 3.43. The maximum absolute atomic E-state index is 10.4. The van der Waals surface area contributed by atoms with Crippen LogP contribution in [0.2, 0.25) is 0 Å². The minimum Gasteiger partial charge on any atom is -0.388 e. The van der Waals surface area contributed by atoms with Gasteiger partial charge in [0.15, 0.2) is 0 Å². The highest BCUT2D eigenvalue weighted by atomic mass is 79.9. The molecule has 2 aromatic rings. The Morgan fingerprint density at radius 1 is 1.15 bits per heavy atom. The highest BCUT2D eigenvalue weighted by Gasteiger charge is 2.11. The van der Waals surface area contributed by atoms with Crippen LogP contribution in [0.5, 0.6) is 0 Å². The van der Waals surface area contributed by atoms with Crippen molar-refractivity contribution >= 4 is 26.7 Å². The second-order valence-corrected chi connectivity index (χ2v) is 5.83. The van der Waals surface area contributed by atoms with Crippen molar-refractivity contribution in [1.82, 2.24) is 5.32 Å². The lowest BCUT2D eigenvalue weighted by Crippen LogP contribution is -2.14. The Kier molecular flexibility index (Phi) is 3.90. The maximum Gasteiger partial charge on any atom is 0.0830 e. The summed E-state index contributed by atoms with van der Waals surface area (Å²) < 4.78 is 0.973. The van der Waals surface area contributed by atoms with Gasteiger partial charge in [0.05, 0.1) is 10.7 Å². The average Bonchev–Trinajstić information content (AvgIpc) is 2.47. The van der Waals surface area contributed by atoms with E-state index < -0.39 is 6.10 Å². The van der Waals surface area contributed by atoms with Crippen molar-refractivity contribution in [2.24, 2.45) is 0 Å². The Morgan fingerprint density at radius 2 is 1.95 bits per heavy atom. The molecule has 1 aliphatic heterocycles. The predicted molar refractivity (Wildman–Crippen MR) is 86.6 cm³/mol. The van der Waals surface area contributed by atoms with Crippen LogP contribution in [-0.4, -0.2) is 11.7 Å². The molecule has 2 nitrogen and oxygen atoms in total. The summed E-state index contributed by atoms with van der Waals surface area (Å²) in [6.07, 6.45) is 4.29. The Balaban J connectivity index is 1.82. The van der Waals surface area contributed by atoms with Crippen molar-refractivity contribution in [2.75, 3.05) is 6.54 Å². The molecule has 0 aliphatic carbocycles. The molecule has 0 saturated heterocycles. The van der Waals surface area contributed by atoms with E-state index in [-0.39, 0.29) is 0 Å². The second-order valence-electron chi connectivity index (χ2n) is 4.98. The smallest absolute Gasteiger partial charge is 0.0830 e. The van der Waals surface area contributed by atoms with E-state index in [9.17, 15) is 5.11 Å². The molecule has 1 aliphatic rings. The molecule has 1 atom stereocenters. The van der Waals surface area contributed by atoms with Gasteiger partial charge in [0.25, 0.3) is 0 Å². The number of aliphatic hydroxyl groups is 1. The fourth-order valence-corrected chi connectivity index (χ4v) is 2.91. The summed E-state index contributed by atoms with van der Waals surface area (Å²) in [6.45, 7) is 0.802. The summed E-state index contributed by atoms with van der Waals surface area (Å²) in [4.78, 5) is 0. The highest BCUT2D eigenvalue weighted by Crippen LogP contribution is 2.26. The second kappa shape index (κ2) is 5.81. The van der Waals surface area contributed by atoms with Crippen LogP contribution in [-0.2, 0) is 0 Å². The van der Waals surface area contributed by atoms with Crippen molar-refractivity contribution in [3.63, 3.8) is 0 Å². The molecule has 1 unspecified atom stereocenters. The largest absolute Gasteiger partial charge is 0.388 e. The van der Waals surface area contributed by atoms with E-state index in [1.165, 1.54) is 10.8 Å². The molecule has 3 rings (SSSR count). The first-order chi connectivity index (χ1) is 9.72. The van der Waals surface area contributed by atoms with Crippen LogP contribution in [0.1, 0.15) is 18.1 Å². The fraction of sp³-hybridized carbons (Fsp3) is 0.176. The molecule has 0 saturated carbocycles. The number of halogens is 1. The molecular weight excluding hydrogens is 314 g/mol.